The fourth-order valence-electron chi connectivity index (χ4n) is 3.16. The van der Waals surface area contributed by atoms with Gasteiger partial charge in [-0.15, -0.1) is 0 Å². The van der Waals surface area contributed by atoms with Crippen molar-refractivity contribution in [1.29, 1.82) is 0 Å². The monoisotopic (exact) mass is 343 g/mol. The number of methoxy groups -OCH3 is 1. The summed E-state index contributed by atoms with van der Waals surface area (Å²) < 4.78 is 16.5. The van der Waals surface area contributed by atoms with Crippen LogP contribution in [0.25, 0.3) is 10.8 Å². The van der Waals surface area contributed by atoms with Gasteiger partial charge in [0.2, 0.25) is 0 Å². The molecule has 1 fully saturated rings. The van der Waals surface area contributed by atoms with E-state index in [2.05, 4.69) is 6.07 Å². The Morgan fingerprint density at radius 2 is 1.96 bits per heavy atom. The van der Waals surface area contributed by atoms with Crippen molar-refractivity contribution in [2.45, 2.75) is 32.5 Å². The summed E-state index contributed by atoms with van der Waals surface area (Å²) in [4.78, 5) is 14.8. The molecule has 1 saturated heterocycles. The second kappa shape index (κ2) is 7.85. The Balaban J connectivity index is 1.90. The van der Waals surface area contributed by atoms with Crippen LogP contribution in [-0.2, 0) is 20.8 Å². The molecular formula is C20H25NO4. The molecular weight excluding hydrogens is 318 g/mol. The Bertz CT molecular complexity index is 738. The first-order chi connectivity index (χ1) is 12.1. The van der Waals surface area contributed by atoms with Gasteiger partial charge in [-0.3, -0.25) is 4.79 Å². The first-order valence-electron chi connectivity index (χ1n) is 8.66. The van der Waals surface area contributed by atoms with Crippen LogP contribution in [-0.4, -0.2) is 49.9 Å². The lowest BCUT2D eigenvalue weighted by Crippen LogP contribution is -2.47. The molecule has 134 valence electrons. The lowest BCUT2D eigenvalue weighted by molar-refractivity contribution is -0.160. The van der Waals surface area contributed by atoms with Crippen LogP contribution in [0.3, 0.4) is 0 Å². The van der Waals surface area contributed by atoms with Gasteiger partial charge in [0, 0.05) is 18.0 Å². The molecule has 0 spiro atoms. The smallest absolute Gasteiger partial charge is 0.254 e. The van der Waals surface area contributed by atoms with E-state index in [0.29, 0.717) is 26.4 Å². The van der Waals surface area contributed by atoms with Crippen molar-refractivity contribution in [3.63, 3.8) is 0 Å². The molecule has 0 unspecified atom stereocenters. The van der Waals surface area contributed by atoms with Crippen LogP contribution in [0.15, 0.2) is 36.4 Å². The van der Waals surface area contributed by atoms with Gasteiger partial charge in [0.1, 0.15) is 5.75 Å². The summed E-state index contributed by atoms with van der Waals surface area (Å²) in [5.74, 6) is 0.820. The van der Waals surface area contributed by atoms with Gasteiger partial charge < -0.3 is 19.1 Å². The van der Waals surface area contributed by atoms with Crippen molar-refractivity contribution < 1.29 is 19.0 Å². The molecule has 0 aliphatic carbocycles. The maximum atomic E-state index is 12.9. The van der Waals surface area contributed by atoms with Gasteiger partial charge in [-0.2, -0.15) is 0 Å². The van der Waals surface area contributed by atoms with Gasteiger partial charge in [0.05, 0.1) is 26.9 Å². The van der Waals surface area contributed by atoms with Crippen LogP contribution in [0.5, 0.6) is 5.75 Å². The van der Waals surface area contributed by atoms with E-state index >= 15 is 0 Å². The Labute approximate surface area is 148 Å². The third-order valence-electron chi connectivity index (χ3n) is 4.53. The molecule has 0 saturated carbocycles. The number of ether oxygens (including phenoxy) is 3. The third kappa shape index (κ3) is 3.78. The molecule has 1 aliphatic heterocycles. The van der Waals surface area contributed by atoms with Gasteiger partial charge in [-0.25, -0.2) is 0 Å². The van der Waals surface area contributed by atoms with Crippen molar-refractivity contribution in [2.24, 2.45) is 0 Å². The van der Waals surface area contributed by atoms with Crippen LogP contribution >= 0.6 is 0 Å². The topological polar surface area (TPSA) is 48.0 Å². The molecule has 25 heavy (non-hydrogen) atoms. The lowest BCUT2D eigenvalue weighted by Gasteiger charge is -2.32. The van der Waals surface area contributed by atoms with Crippen molar-refractivity contribution in [2.75, 3.05) is 26.9 Å². The SMILES string of the molecule is COc1ccc(CN(C(=O)[C@@H]2COCCO2)C(C)C)c2ccccc12. The van der Waals surface area contributed by atoms with E-state index in [-0.39, 0.29) is 11.9 Å². The predicted octanol–water partition coefficient (Wildman–Crippen LogP) is 3.00. The highest BCUT2D eigenvalue weighted by atomic mass is 16.6. The average Bonchev–Trinajstić information content (AvgIpc) is 2.66. The second-order valence-corrected chi connectivity index (χ2v) is 6.47. The van der Waals surface area contributed by atoms with Crippen molar-refractivity contribution in [3.05, 3.63) is 42.0 Å². The maximum absolute atomic E-state index is 12.9. The Morgan fingerprint density at radius 1 is 1.20 bits per heavy atom. The van der Waals surface area contributed by atoms with Gasteiger partial charge in [-0.1, -0.05) is 30.3 Å². The Kier molecular flexibility index (Phi) is 5.56. The number of fused-ring (bicyclic) bond motifs is 1. The van der Waals surface area contributed by atoms with Gasteiger partial charge in [0.25, 0.3) is 5.91 Å². The zero-order chi connectivity index (χ0) is 17.8. The largest absolute Gasteiger partial charge is 0.496 e. The van der Waals surface area contributed by atoms with Crippen LogP contribution in [0.2, 0.25) is 0 Å². The quantitative estimate of drug-likeness (QED) is 0.837. The summed E-state index contributed by atoms with van der Waals surface area (Å²) in [5.41, 5.74) is 1.09. The number of hydrogen-bond acceptors (Lipinski definition) is 4. The van der Waals surface area contributed by atoms with Gasteiger partial charge in [-0.05, 0) is 30.9 Å². The fourth-order valence-corrected chi connectivity index (χ4v) is 3.16. The molecule has 2 aromatic carbocycles. The molecule has 0 N–H and O–H groups in total. The second-order valence-electron chi connectivity index (χ2n) is 6.47. The number of benzene rings is 2. The summed E-state index contributed by atoms with van der Waals surface area (Å²) >= 11 is 0. The predicted molar refractivity (Wildman–Crippen MR) is 96.7 cm³/mol. The van der Waals surface area contributed by atoms with E-state index < -0.39 is 6.10 Å². The summed E-state index contributed by atoms with van der Waals surface area (Å²) in [6.45, 7) is 5.91. The molecule has 0 aromatic heterocycles. The van der Waals surface area contributed by atoms with Crippen molar-refractivity contribution in [3.8, 4) is 5.75 Å². The summed E-state index contributed by atoms with van der Waals surface area (Å²) in [7, 11) is 1.67. The molecule has 1 amide bonds. The van der Waals surface area contributed by atoms with Crippen LogP contribution < -0.4 is 4.74 Å². The molecule has 1 heterocycles. The number of nitrogens with zero attached hydrogens (tertiary/aromatic N) is 1. The molecule has 5 heteroatoms. The zero-order valence-electron chi connectivity index (χ0n) is 15.0. The fraction of sp³-hybridized carbons (Fsp3) is 0.450. The molecule has 0 bridgehead atoms. The molecule has 3 rings (SSSR count). The van der Waals surface area contributed by atoms with Gasteiger partial charge in [0.15, 0.2) is 6.10 Å². The van der Waals surface area contributed by atoms with E-state index in [1.807, 2.05) is 49.1 Å². The lowest BCUT2D eigenvalue weighted by atomic mass is 10.0. The summed E-state index contributed by atoms with van der Waals surface area (Å²) in [5, 5.41) is 2.15. The van der Waals surface area contributed by atoms with Crippen LogP contribution in [0, 0.1) is 0 Å². The molecule has 1 aliphatic rings. The van der Waals surface area contributed by atoms with E-state index in [1.165, 1.54) is 0 Å². The maximum Gasteiger partial charge on any atom is 0.254 e. The molecule has 0 radical (unpaired) electrons. The Morgan fingerprint density at radius 3 is 2.60 bits per heavy atom. The zero-order valence-corrected chi connectivity index (χ0v) is 15.0. The minimum Gasteiger partial charge on any atom is -0.496 e. The first kappa shape index (κ1) is 17.7. The highest BCUT2D eigenvalue weighted by Crippen LogP contribution is 2.29. The van der Waals surface area contributed by atoms with Crippen molar-refractivity contribution in [1.82, 2.24) is 4.90 Å². The van der Waals surface area contributed by atoms with Gasteiger partial charge >= 0.3 is 0 Å². The Hall–Kier alpha value is -2.11. The van der Waals surface area contributed by atoms with E-state index in [1.54, 1.807) is 7.11 Å². The van der Waals surface area contributed by atoms with E-state index in [9.17, 15) is 4.79 Å². The molecule has 2 aromatic rings. The number of carbonyl (C=O) groups is 1. The minimum atomic E-state index is -0.513. The molecule has 5 nitrogen and oxygen atoms in total. The normalized spacial score (nSPS) is 17.7. The summed E-state index contributed by atoms with van der Waals surface area (Å²) in [6.07, 6.45) is -0.513. The number of hydrogen-bond donors (Lipinski definition) is 0. The van der Waals surface area contributed by atoms with E-state index in [0.717, 1.165) is 22.1 Å². The van der Waals surface area contributed by atoms with Crippen LogP contribution in [0.1, 0.15) is 19.4 Å². The van der Waals surface area contributed by atoms with E-state index in [4.69, 9.17) is 14.2 Å². The number of amides is 1. The summed E-state index contributed by atoms with van der Waals surface area (Å²) in [6, 6.07) is 12.2. The average molecular weight is 343 g/mol. The highest BCUT2D eigenvalue weighted by Gasteiger charge is 2.29. The standard InChI is InChI=1S/C20H25NO4/c1-14(2)21(20(22)19-13-24-10-11-25-19)12-15-8-9-18(23-3)17-7-5-4-6-16(15)17/h4-9,14,19H,10-13H2,1-3H3/t19-/m0/s1. The highest BCUT2D eigenvalue weighted by molar-refractivity contribution is 5.91. The minimum absolute atomic E-state index is 0.0189. The number of rotatable bonds is 5. The third-order valence-corrected chi connectivity index (χ3v) is 4.53. The first-order valence-corrected chi connectivity index (χ1v) is 8.66. The van der Waals surface area contributed by atoms with Crippen LogP contribution in [0.4, 0.5) is 0 Å². The van der Waals surface area contributed by atoms with Crippen molar-refractivity contribution >= 4 is 16.7 Å². The number of carbonyl (C=O) groups excluding carboxylic acids is 1. The molecule has 1 atom stereocenters.